The van der Waals surface area contributed by atoms with Crippen LogP contribution in [0.15, 0.2) is 36.5 Å². The van der Waals surface area contributed by atoms with Crippen molar-refractivity contribution < 1.29 is 4.79 Å². The summed E-state index contributed by atoms with van der Waals surface area (Å²) in [6, 6.07) is 10.2. The lowest BCUT2D eigenvalue weighted by atomic mass is 10.1. The molecule has 2 heterocycles. The fourth-order valence-corrected chi connectivity index (χ4v) is 3.02. The zero-order valence-corrected chi connectivity index (χ0v) is 13.4. The van der Waals surface area contributed by atoms with Crippen LogP contribution < -0.4 is 5.32 Å². The molecule has 0 bridgehead atoms. The highest BCUT2D eigenvalue weighted by molar-refractivity contribution is 5.76. The van der Waals surface area contributed by atoms with E-state index in [4.69, 9.17) is 0 Å². The predicted molar refractivity (Wildman–Crippen MR) is 90.8 cm³/mol. The summed E-state index contributed by atoms with van der Waals surface area (Å²) in [5.74, 6) is 0.271. The van der Waals surface area contributed by atoms with E-state index in [0.29, 0.717) is 19.5 Å². The summed E-state index contributed by atoms with van der Waals surface area (Å²) < 4.78 is 0. The monoisotopic (exact) mass is 312 g/mol. The van der Waals surface area contributed by atoms with Crippen LogP contribution in [0.3, 0.4) is 0 Å². The minimum atomic E-state index is 0.271. The molecule has 2 aromatic rings. The average molecular weight is 312 g/mol. The fourth-order valence-electron chi connectivity index (χ4n) is 3.02. The van der Waals surface area contributed by atoms with Crippen LogP contribution in [-0.2, 0) is 11.3 Å². The van der Waals surface area contributed by atoms with E-state index in [-0.39, 0.29) is 5.91 Å². The van der Waals surface area contributed by atoms with Gasteiger partial charge in [-0.2, -0.15) is 5.10 Å². The molecule has 1 amide bonds. The summed E-state index contributed by atoms with van der Waals surface area (Å²) in [4.78, 5) is 14.1. The molecule has 5 heteroatoms. The van der Waals surface area contributed by atoms with E-state index in [2.05, 4.69) is 27.6 Å². The molecule has 1 aromatic heterocycles. The minimum absolute atomic E-state index is 0.271. The Hall–Kier alpha value is -2.14. The number of carbonyl (C=O) groups is 1. The third-order valence-corrected chi connectivity index (χ3v) is 4.32. The Labute approximate surface area is 137 Å². The van der Waals surface area contributed by atoms with Gasteiger partial charge < -0.3 is 10.2 Å². The number of H-pyrrole nitrogens is 1. The SMILES string of the molecule is O=C(CCNCc1cn[nH]c1-c1ccccc1)N1CCCCC1. The van der Waals surface area contributed by atoms with E-state index >= 15 is 0 Å². The topological polar surface area (TPSA) is 61.0 Å². The number of amides is 1. The number of aromatic amines is 1. The Kier molecular flexibility index (Phi) is 5.42. The maximum atomic E-state index is 12.1. The lowest BCUT2D eigenvalue weighted by molar-refractivity contribution is -0.131. The van der Waals surface area contributed by atoms with E-state index in [9.17, 15) is 4.79 Å². The molecule has 0 atom stereocenters. The predicted octanol–water partition coefficient (Wildman–Crippen LogP) is 2.57. The van der Waals surface area contributed by atoms with E-state index in [0.717, 1.165) is 42.8 Å². The summed E-state index contributed by atoms with van der Waals surface area (Å²) in [5.41, 5.74) is 3.30. The molecule has 5 nitrogen and oxygen atoms in total. The van der Waals surface area contributed by atoms with Crippen molar-refractivity contribution in [2.45, 2.75) is 32.2 Å². The second-order valence-corrected chi connectivity index (χ2v) is 6.00. The normalized spacial score (nSPS) is 14.9. The Balaban J connectivity index is 1.46. The van der Waals surface area contributed by atoms with Crippen molar-refractivity contribution in [1.82, 2.24) is 20.4 Å². The smallest absolute Gasteiger partial charge is 0.223 e. The third-order valence-electron chi connectivity index (χ3n) is 4.32. The van der Waals surface area contributed by atoms with Gasteiger partial charge in [0.05, 0.1) is 11.9 Å². The first-order valence-corrected chi connectivity index (χ1v) is 8.41. The summed E-state index contributed by atoms with van der Waals surface area (Å²) in [6.07, 6.45) is 5.97. The second kappa shape index (κ2) is 7.92. The van der Waals surface area contributed by atoms with Gasteiger partial charge in [-0.05, 0) is 24.8 Å². The van der Waals surface area contributed by atoms with E-state index in [1.807, 2.05) is 29.3 Å². The van der Waals surface area contributed by atoms with Crippen molar-refractivity contribution in [3.8, 4) is 11.3 Å². The zero-order chi connectivity index (χ0) is 15.9. The van der Waals surface area contributed by atoms with Crippen molar-refractivity contribution in [3.05, 3.63) is 42.1 Å². The number of piperidine rings is 1. The van der Waals surface area contributed by atoms with Gasteiger partial charge in [0, 0.05) is 38.2 Å². The van der Waals surface area contributed by atoms with Crippen molar-refractivity contribution in [1.29, 1.82) is 0 Å². The number of nitrogens with zero attached hydrogens (tertiary/aromatic N) is 2. The standard InChI is InChI=1S/C18H24N4O/c23-17(22-11-5-2-6-12-22)9-10-19-13-16-14-20-21-18(16)15-7-3-1-4-8-15/h1,3-4,7-8,14,19H,2,5-6,9-13H2,(H,20,21). The second-order valence-electron chi connectivity index (χ2n) is 6.00. The molecule has 3 rings (SSSR count). The molecule has 1 aliphatic heterocycles. The van der Waals surface area contributed by atoms with Crippen LogP contribution >= 0.6 is 0 Å². The molecule has 2 N–H and O–H groups in total. The van der Waals surface area contributed by atoms with Gasteiger partial charge in [0.25, 0.3) is 0 Å². The van der Waals surface area contributed by atoms with Crippen LogP contribution in [0.4, 0.5) is 0 Å². The Morgan fingerprint density at radius 3 is 2.74 bits per heavy atom. The fraction of sp³-hybridized carbons (Fsp3) is 0.444. The maximum absolute atomic E-state index is 12.1. The summed E-state index contributed by atoms with van der Waals surface area (Å²) in [7, 11) is 0. The third kappa shape index (κ3) is 4.20. The number of rotatable bonds is 6. The molecule has 0 aliphatic carbocycles. The van der Waals surface area contributed by atoms with Gasteiger partial charge in [0.2, 0.25) is 5.91 Å². The maximum Gasteiger partial charge on any atom is 0.223 e. The van der Waals surface area contributed by atoms with Crippen molar-refractivity contribution in [2.24, 2.45) is 0 Å². The number of nitrogens with one attached hydrogen (secondary N) is 2. The number of aromatic nitrogens is 2. The quantitative estimate of drug-likeness (QED) is 0.806. The molecule has 0 radical (unpaired) electrons. The van der Waals surface area contributed by atoms with Gasteiger partial charge in [-0.25, -0.2) is 0 Å². The first-order chi connectivity index (χ1) is 11.3. The van der Waals surface area contributed by atoms with E-state index in [1.54, 1.807) is 0 Å². The number of hydrogen-bond acceptors (Lipinski definition) is 3. The minimum Gasteiger partial charge on any atom is -0.343 e. The average Bonchev–Trinajstić information content (AvgIpc) is 3.08. The molecule has 0 unspecified atom stereocenters. The number of carbonyl (C=O) groups excluding carboxylic acids is 1. The molecule has 1 aliphatic rings. The lowest BCUT2D eigenvalue weighted by Crippen LogP contribution is -2.37. The van der Waals surface area contributed by atoms with Crippen molar-refractivity contribution in [3.63, 3.8) is 0 Å². The van der Waals surface area contributed by atoms with Crippen LogP contribution in [0.1, 0.15) is 31.2 Å². The van der Waals surface area contributed by atoms with Crippen molar-refractivity contribution >= 4 is 5.91 Å². The molecule has 1 saturated heterocycles. The van der Waals surface area contributed by atoms with Gasteiger partial charge in [0.1, 0.15) is 0 Å². The highest BCUT2D eigenvalue weighted by atomic mass is 16.2. The van der Waals surface area contributed by atoms with Gasteiger partial charge in [-0.1, -0.05) is 30.3 Å². The molecular weight excluding hydrogens is 288 g/mol. The number of benzene rings is 1. The first-order valence-electron chi connectivity index (χ1n) is 8.41. The number of hydrogen-bond donors (Lipinski definition) is 2. The Morgan fingerprint density at radius 2 is 1.96 bits per heavy atom. The Bertz CT molecular complexity index is 617. The molecule has 1 fully saturated rings. The highest BCUT2D eigenvalue weighted by Crippen LogP contribution is 2.20. The van der Waals surface area contributed by atoms with Gasteiger partial charge in [-0.3, -0.25) is 9.89 Å². The van der Waals surface area contributed by atoms with Crippen LogP contribution in [-0.4, -0.2) is 40.6 Å². The van der Waals surface area contributed by atoms with Gasteiger partial charge in [-0.15, -0.1) is 0 Å². The lowest BCUT2D eigenvalue weighted by Gasteiger charge is -2.26. The molecule has 23 heavy (non-hydrogen) atoms. The van der Waals surface area contributed by atoms with Crippen LogP contribution in [0.5, 0.6) is 0 Å². The molecule has 1 aromatic carbocycles. The molecular formula is C18H24N4O. The van der Waals surface area contributed by atoms with E-state index < -0.39 is 0 Å². The van der Waals surface area contributed by atoms with Crippen LogP contribution in [0.25, 0.3) is 11.3 Å². The molecule has 0 spiro atoms. The summed E-state index contributed by atoms with van der Waals surface area (Å²) >= 11 is 0. The number of likely N-dealkylation sites (tertiary alicyclic amines) is 1. The highest BCUT2D eigenvalue weighted by Gasteiger charge is 2.15. The van der Waals surface area contributed by atoms with E-state index in [1.165, 1.54) is 6.42 Å². The first kappa shape index (κ1) is 15.7. The Morgan fingerprint density at radius 1 is 1.17 bits per heavy atom. The summed E-state index contributed by atoms with van der Waals surface area (Å²) in [5, 5.41) is 10.6. The molecule has 0 saturated carbocycles. The van der Waals surface area contributed by atoms with Gasteiger partial charge in [0.15, 0.2) is 0 Å². The van der Waals surface area contributed by atoms with Crippen LogP contribution in [0, 0.1) is 0 Å². The summed E-state index contributed by atoms with van der Waals surface area (Å²) in [6.45, 7) is 3.28. The molecule has 122 valence electrons. The largest absolute Gasteiger partial charge is 0.343 e. The van der Waals surface area contributed by atoms with Gasteiger partial charge >= 0.3 is 0 Å². The van der Waals surface area contributed by atoms with Crippen molar-refractivity contribution in [2.75, 3.05) is 19.6 Å². The zero-order valence-electron chi connectivity index (χ0n) is 13.4. The van der Waals surface area contributed by atoms with Crippen LogP contribution in [0.2, 0.25) is 0 Å².